The molecule has 0 N–H and O–H groups in total. The van der Waals surface area contributed by atoms with Crippen LogP contribution in [0.4, 0.5) is 4.39 Å². The molecule has 0 aliphatic heterocycles. The van der Waals surface area contributed by atoms with Crippen LogP contribution in [0.1, 0.15) is 31.9 Å². The average molecular weight is 293 g/mol. The fourth-order valence-corrected chi connectivity index (χ4v) is 2.11. The lowest BCUT2D eigenvalue weighted by atomic mass is 9.87. The van der Waals surface area contributed by atoms with Gasteiger partial charge in [0, 0.05) is 0 Å². The fraction of sp³-hybridized carbons (Fsp3) is 0.294. The highest BCUT2D eigenvalue weighted by molar-refractivity contribution is 6.32. The number of rotatable bonds is 3. The van der Waals surface area contributed by atoms with Gasteiger partial charge in [0.05, 0.1) is 5.02 Å². The zero-order chi connectivity index (χ0) is 14.8. The summed E-state index contributed by atoms with van der Waals surface area (Å²) in [7, 11) is 0. The first-order valence-corrected chi connectivity index (χ1v) is 6.91. The van der Waals surface area contributed by atoms with Crippen LogP contribution in [0.25, 0.3) is 0 Å². The largest absolute Gasteiger partial charge is 0.487 e. The molecule has 3 heteroatoms. The van der Waals surface area contributed by atoms with Crippen LogP contribution in [0.15, 0.2) is 42.5 Å². The van der Waals surface area contributed by atoms with Gasteiger partial charge in [-0.2, -0.15) is 0 Å². The smallest absolute Gasteiger partial charge is 0.138 e. The van der Waals surface area contributed by atoms with Crippen molar-refractivity contribution in [1.29, 1.82) is 0 Å². The van der Waals surface area contributed by atoms with Crippen LogP contribution in [0, 0.1) is 5.82 Å². The number of hydrogen-bond acceptors (Lipinski definition) is 1. The van der Waals surface area contributed by atoms with Gasteiger partial charge in [0.15, 0.2) is 0 Å². The van der Waals surface area contributed by atoms with Crippen molar-refractivity contribution < 1.29 is 9.13 Å². The highest BCUT2D eigenvalue weighted by atomic mass is 35.5. The molecule has 2 aromatic rings. The molecule has 0 atom stereocenters. The van der Waals surface area contributed by atoms with E-state index in [1.807, 2.05) is 24.3 Å². The van der Waals surface area contributed by atoms with Crippen LogP contribution in [-0.4, -0.2) is 0 Å². The molecule has 0 aliphatic rings. The third-order valence-electron chi connectivity index (χ3n) is 3.08. The third kappa shape index (κ3) is 3.73. The molecule has 0 amide bonds. The first-order chi connectivity index (χ1) is 9.36. The minimum Gasteiger partial charge on any atom is -0.487 e. The van der Waals surface area contributed by atoms with Crippen molar-refractivity contribution >= 4 is 11.6 Å². The molecule has 0 fully saturated rings. The van der Waals surface area contributed by atoms with Gasteiger partial charge in [-0.1, -0.05) is 50.6 Å². The van der Waals surface area contributed by atoms with Crippen LogP contribution in [-0.2, 0) is 12.0 Å². The van der Waals surface area contributed by atoms with Gasteiger partial charge >= 0.3 is 0 Å². The second-order valence-electron chi connectivity index (χ2n) is 5.81. The van der Waals surface area contributed by atoms with E-state index in [2.05, 4.69) is 20.8 Å². The van der Waals surface area contributed by atoms with E-state index < -0.39 is 0 Å². The molecule has 106 valence electrons. The summed E-state index contributed by atoms with van der Waals surface area (Å²) in [6, 6.07) is 12.1. The molecule has 0 saturated heterocycles. The molecule has 2 aromatic carbocycles. The predicted octanol–water partition coefficient (Wildman–Crippen LogP) is 5.36. The van der Waals surface area contributed by atoms with Gasteiger partial charge in [-0.25, -0.2) is 4.39 Å². The Kier molecular flexibility index (Phi) is 4.34. The quantitative estimate of drug-likeness (QED) is 0.740. The number of benzene rings is 2. The van der Waals surface area contributed by atoms with Gasteiger partial charge in [0.25, 0.3) is 0 Å². The lowest BCUT2D eigenvalue weighted by Crippen LogP contribution is -2.10. The second-order valence-corrected chi connectivity index (χ2v) is 6.22. The lowest BCUT2D eigenvalue weighted by Gasteiger charge is -2.20. The SMILES string of the molecule is CC(C)(C)c1ccc(OCc2cccc(F)c2)c(Cl)c1. The summed E-state index contributed by atoms with van der Waals surface area (Å²) >= 11 is 6.23. The Morgan fingerprint density at radius 2 is 1.85 bits per heavy atom. The summed E-state index contributed by atoms with van der Waals surface area (Å²) in [5.74, 6) is 0.351. The molecule has 0 heterocycles. The maximum Gasteiger partial charge on any atom is 0.138 e. The predicted molar refractivity (Wildman–Crippen MR) is 80.9 cm³/mol. The summed E-state index contributed by atoms with van der Waals surface area (Å²) in [6.45, 7) is 6.69. The topological polar surface area (TPSA) is 9.23 Å². The maximum absolute atomic E-state index is 13.1. The number of hydrogen-bond donors (Lipinski definition) is 0. The minimum absolute atomic E-state index is 0.0464. The second kappa shape index (κ2) is 5.84. The van der Waals surface area contributed by atoms with Crippen LogP contribution in [0.5, 0.6) is 5.75 Å². The number of ether oxygens (including phenoxy) is 1. The molecule has 0 aromatic heterocycles. The van der Waals surface area contributed by atoms with E-state index in [0.29, 0.717) is 17.4 Å². The van der Waals surface area contributed by atoms with Crippen molar-refractivity contribution in [2.45, 2.75) is 32.8 Å². The van der Waals surface area contributed by atoms with E-state index in [0.717, 1.165) is 11.1 Å². The molecule has 0 radical (unpaired) electrons. The van der Waals surface area contributed by atoms with Gasteiger partial charge in [0.2, 0.25) is 0 Å². The van der Waals surface area contributed by atoms with Crippen molar-refractivity contribution in [2.75, 3.05) is 0 Å². The monoisotopic (exact) mass is 292 g/mol. The Labute approximate surface area is 124 Å². The summed E-state index contributed by atoms with van der Waals surface area (Å²) in [4.78, 5) is 0. The first kappa shape index (κ1) is 14.9. The minimum atomic E-state index is -0.264. The van der Waals surface area contributed by atoms with E-state index in [4.69, 9.17) is 16.3 Å². The van der Waals surface area contributed by atoms with Crippen LogP contribution in [0.3, 0.4) is 0 Å². The summed E-state index contributed by atoms with van der Waals surface area (Å²) in [5.41, 5.74) is 1.98. The molecule has 2 rings (SSSR count). The van der Waals surface area contributed by atoms with Crippen LogP contribution in [0.2, 0.25) is 5.02 Å². The molecule has 1 nitrogen and oxygen atoms in total. The van der Waals surface area contributed by atoms with Crippen molar-refractivity contribution in [2.24, 2.45) is 0 Å². The van der Waals surface area contributed by atoms with E-state index in [1.165, 1.54) is 12.1 Å². The van der Waals surface area contributed by atoms with Crippen molar-refractivity contribution in [1.82, 2.24) is 0 Å². The van der Waals surface area contributed by atoms with Gasteiger partial charge < -0.3 is 4.74 Å². The van der Waals surface area contributed by atoms with E-state index >= 15 is 0 Å². The molecule has 0 saturated carbocycles. The van der Waals surface area contributed by atoms with E-state index in [-0.39, 0.29) is 11.2 Å². The third-order valence-corrected chi connectivity index (χ3v) is 3.38. The van der Waals surface area contributed by atoms with Gasteiger partial charge in [-0.15, -0.1) is 0 Å². The average Bonchev–Trinajstić information content (AvgIpc) is 2.36. The van der Waals surface area contributed by atoms with Crippen molar-refractivity contribution in [3.63, 3.8) is 0 Å². The van der Waals surface area contributed by atoms with Gasteiger partial charge in [-0.05, 0) is 40.8 Å². The molecule has 0 spiro atoms. The molecule has 0 bridgehead atoms. The van der Waals surface area contributed by atoms with E-state index in [1.54, 1.807) is 6.07 Å². The first-order valence-electron chi connectivity index (χ1n) is 6.53. The standard InChI is InChI=1S/C17H18ClFO/c1-17(2,3)13-7-8-16(15(18)10-13)20-11-12-5-4-6-14(19)9-12/h4-10H,11H2,1-3H3. The molecular formula is C17H18ClFO. The molecule has 0 unspecified atom stereocenters. The van der Waals surface area contributed by atoms with Crippen molar-refractivity contribution in [3.05, 3.63) is 64.4 Å². The zero-order valence-electron chi connectivity index (χ0n) is 11.9. The Bertz CT molecular complexity index is 602. The van der Waals surface area contributed by atoms with E-state index in [9.17, 15) is 4.39 Å². The van der Waals surface area contributed by atoms with Crippen LogP contribution < -0.4 is 4.74 Å². The Hall–Kier alpha value is -1.54. The summed E-state index contributed by atoms with van der Waals surface area (Å²) in [5, 5.41) is 0.578. The Morgan fingerprint density at radius 3 is 2.45 bits per heavy atom. The highest BCUT2D eigenvalue weighted by Gasteiger charge is 2.15. The van der Waals surface area contributed by atoms with Gasteiger partial charge in [-0.3, -0.25) is 0 Å². The van der Waals surface area contributed by atoms with Gasteiger partial charge in [0.1, 0.15) is 18.2 Å². The molecular weight excluding hydrogens is 275 g/mol. The fourth-order valence-electron chi connectivity index (χ4n) is 1.87. The Morgan fingerprint density at radius 1 is 1.10 bits per heavy atom. The molecule has 0 aliphatic carbocycles. The maximum atomic E-state index is 13.1. The normalized spacial score (nSPS) is 11.4. The highest BCUT2D eigenvalue weighted by Crippen LogP contribution is 2.31. The van der Waals surface area contributed by atoms with Crippen LogP contribution >= 0.6 is 11.6 Å². The summed E-state index contributed by atoms with van der Waals surface area (Å²) in [6.07, 6.45) is 0. The summed E-state index contributed by atoms with van der Waals surface area (Å²) < 4.78 is 18.7. The lowest BCUT2D eigenvalue weighted by molar-refractivity contribution is 0.305. The molecule has 20 heavy (non-hydrogen) atoms. The van der Waals surface area contributed by atoms with Crippen molar-refractivity contribution in [3.8, 4) is 5.75 Å². The Balaban J connectivity index is 2.11. The number of halogens is 2. The zero-order valence-corrected chi connectivity index (χ0v) is 12.7.